The molecule has 6 heteroatoms. The first kappa shape index (κ1) is 18.7. The Balaban J connectivity index is 1.66. The quantitative estimate of drug-likeness (QED) is 0.758. The number of ether oxygens (including phenoxy) is 2. The van der Waals surface area contributed by atoms with Gasteiger partial charge in [0.15, 0.2) is 0 Å². The van der Waals surface area contributed by atoms with Crippen LogP contribution >= 0.6 is 0 Å². The molecule has 25 heavy (non-hydrogen) atoms. The lowest BCUT2D eigenvalue weighted by molar-refractivity contribution is -0.122. The van der Waals surface area contributed by atoms with Gasteiger partial charge in [0.2, 0.25) is 5.91 Å². The molecule has 0 atom stereocenters. The zero-order valence-corrected chi connectivity index (χ0v) is 14.5. The molecule has 0 saturated heterocycles. The van der Waals surface area contributed by atoms with Gasteiger partial charge in [0, 0.05) is 18.7 Å². The molecule has 0 radical (unpaired) electrons. The van der Waals surface area contributed by atoms with Crippen molar-refractivity contribution >= 4 is 5.91 Å². The Bertz CT molecular complexity index is 677. The Hall–Kier alpha value is -2.60. The lowest BCUT2D eigenvalue weighted by Crippen LogP contribution is -2.36. The molecule has 5 nitrogen and oxygen atoms in total. The van der Waals surface area contributed by atoms with Gasteiger partial charge in [0.25, 0.3) is 0 Å². The highest BCUT2D eigenvalue weighted by Gasteiger charge is 2.08. The summed E-state index contributed by atoms with van der Waals surface area (Å²) in [7, 11) is 3.45. The lowest BCUT2D eigenvalue weighted by Gasteiger charge is -2.17. The van der Waals surface area contributed by atoms with E-state index in [9.17, 15) is 9.18 Å². The van der Waals surface area contributed by atoms with Crippen LogP contribution in [0.4, 0.5) is 4.39 Å². The molecule has 0 spiro atoms. The third-order valence-electron chi connectivity index (χ3n) is 3.65. The number of methoxy groups -OCH3 is 1. The van der Waals surface area contributed by atoms with Gasteiger partial charge in [-0.2, -0.15) is 0 Å². The van der Waals surface area contributed by atoms with Crippen molar-refractivity contribution in [3.8, 4) is 11.5 Å². The van der Waals surface area contributed by atoms with Crippen LogP contribution in [0.15, 0.2) is 48.5 Å². The highest BCUT2D eigenvalue weighted by Crippen LogP contribution is 2.16. The van der Waals surface area contributed by atoms with Crippen molar-refractivity contribution in [2.75, 3.05) is 33.9 Å². The van der Waals surface area contributed by atoms with E-state index in [1.54, 1.807) is 25.3 Å². The molecule has 1 amide bonds. The predicted molar refractivity (Wildman–Crippen MR) is 94.2 cm³/mol. The molecular formula is C19H23FN2O3. The Morgan fingerprint density at radius 2 is 1.80 bits per heavy atom. The molecule has 0 aromatic heterocycles. The van der Waals surface area contributed by atoms with Crippen molar-refractivity contribution in [3.63, 3.8) is 0 Å². The standard InChI is InChI=1S/C19H23FN2O3/c1-22(11-12-25-17-9-7-16(24-2)8-10-17)14-19(23)21-13-15-5-3-4-6-18(15)20/h3-10H,11-14H2,1-2H3,(H,21,23). The smallest absolute Gasteiger partial charge is 0.234 e. The van der Waals surface area contributed by atoms with Crippen LogP contribution in [0, 0.1) is 5.82 Å². The second-order valence-corrected chi connectivity index (χ2v) is 5.63. The molecule has 0 heterocycles. The summed E-state index contributed by atoms with van der Waals surface area (Å²) in [5, 5.41) is 2.72. The Morgan fingerprint density at radius 3 is 2.48 bits per heavy atom. The first-order chi connectivity index (χ1) is 12.1. The number of carbonyl (C=O) groups is 1. The van der Waals surface area contributed by atoms with E-state index in [2.05, 4.69) is 5.32 Å². The number of hydrogen-bond acceptors (Lipinski definition) is 4. The normalized spacial score (nSPS) is 10.6. The van der Waals surface area contributed by atoms with Crippen LogP contribution < -0.4 is 14.8 Å². The lowest BCUT2D eigenvalue weighted by atomic mass is 10.2. The number of hydrogen-bond donors (Lipinski definition) is 1. The summed E-state index contributed by atoms with van der Waals surface area (Å²) in [5.74, 6) is 1.05. The predicted octanol–water partition coefficient (Wildman–Crippen LogP) is 2.46. The maximum atomic E-state index is 13.5. The molecule has 0 bridgehead atoms. The van der Waals surface area contributed by atoms with Crippen LogP contribution in [-0.2, 0) is 11.3 Å². The van der Waals surface area contributed by atoms with Crippen LogP contribution in [0.1, 0.15) is 5.56 Å². The van der Waals surface area contributed by atoms with Gasteiger partial charge in [0.05, 0.1) is 13.7 Å². The number of benzene rings is 2. The molecule has 2 rings (SSSR count). The Labute approximate surface area is 147 Å². The fourth-order valence-corrected chi connectivity index (χ4v) is 2.21. The number of nitrogens with zero attached hydrogens (tertiary/aromatic N) is 1. The van der Waals surface area contributed by atoms with Gasteiger partial charge in [-0.05, 0) is 37.4 Å². The average molecular weight is 346 g/mol. The third-order valence-corrected chi connectivity index (χ3v) is 3.65. The van der Waals surface area contributed by atoms with Crippen LogP contribution in [0.2, 0.25) is 0 Å². The highest BCUT2D eigenvalue weighted by molar-refractivity contribution is 5.77. The van der Waals surface area contributed by atoms with Crippen molar-refractivity contribution in [1.82, 2.24) is 10.2 Å². The molecule has 0 unspecified atom stereocenters. The number of nitrogens with one attached hydrogen (secondary N) is 1. The second kappa shape index (κ2) is 9.64. The van der Waals surface area contributed by atoms with Crippen LogP contribution in [-0.4, -0.2) is 44.7 Å². The number of carbonyl (C=O) groups excluding carboxylic acids is 1. The van der Waals surface area contributed by atoms with E-state index >= 15 is 0 Å². The van der Waals surface area contributed by atoms with Gasteiger partial charge in [-0.3, -0.25) is 9.69 Å². The van der Waals surface area contributed by atoms with Crippen molar-refractivity contribution in [2.45, 2.75) is 6.54 Å². The van der Waals surface area contributed by atoms with E-state index in [0.717, 1.165) is 11.5 Å². The highest BCUT2D eigenvalue weighted by atomic mass is 19.1. The van der Waals surface area contributed by atoms with E-state index in [1.807, 2.05) is 36.2 Å². The first-order valence-electron chi connectivity index (χ1n) is 8.04. The first-order valence-corrected chi connectivity index (χ1v) is 8.04. The fourth-order valence-electron chi connectivity index (χ4n) is 2.21. The molecule has 1 N–H and O–H groups in total. The van der Waals surface area contributed by atoms with Crippen molar-refractivity contribution in [3.05, 3.63) is 59.9 Å². The SMILES string of the molecule is COc1ccc(OCCN(C)CC(=O)NCc2ccccc2F)cc1. The largest absolute Gasteiger partial charge is 0.497 e. The van der Waals surface area contributed by atoms with Crippen LogP contribution in [0.5, 0.6) is 11.5 Å². The molecule has 0 aliphatic rings. The minimum absolute atomic E-state index is 0.157. The van der Waals surface area contributed by atoms with E-state index in [1.165, 1.54) is 6.07 Å². The summed E-state index contributed by atoms with van der Waals surface area (Å²) >= 11 is 0. The van der Waals surface area contributed by atoms with Crippen molar-refractivity contribution < 1.29 is 18.7 Å². The van der Waals surface area contributed by atoms with Crippen molar-refractivity contribution in [1.29, 1.82) is 0 Å². The molecule has 2 aromatic rings. The number of amides is 1. The summed E-state index contributed by atoms with van der Waals surface area (Å²) in [6.45, 7) is 1.46. The molecule has 0 saturated carbocycles. The van der Waals surface area contributed by atoms with E-state index in [-0.39, 0.29) is 24.8 Å². The minimum atomic E-state index is -0.316. The number of rotatable bonds is 9. The molecular weight excluding hydrogens is 323 g/mol. The van der Waals surface area contributed by atoms with Crippen molar-refractivity contribution in [2.24, 2.45) is 0 Å². The van der Waals surface area contributed by atoms with E-state index < -0.39 is 0 Å². The van der Waals surface area contributed by atoms with Crippen LogP contribution in [0.3, 0.4) is 0 Å². The van der Waals surface area contributed by atoms with Crippen LogP contribution in [0.25, 0.3) is 0 Å². The van der Waals surface area contributed by atoms with Gasteiger partial charge in [-0.25, -0.2) is 4.39 Å². The molecule has 0 aliphatic carbocycles. The summed E-state index contributed by atoms with van der Waals surface area (Å²) < 4.78 is 24.2. The minimum Gasteiger partial charge on any atom is -0.497 e. The van der Waals surface area contributed by atoms with E-state index in [0.29, 0.717) is 18.7 Å². The summed E-state index contributed by atoms with van der Waals surface area (Å²) in [4.78, 5) is 13.8. The summed E-state index contributed by atoms with van der Waals surface area (Å²) in [5.41, 5.74) is 0.473. The molecule has 0 aliphatic heterocycles. The van der Waals surface area contributed by atoms with Gasteiger partial charge in [-0.15, -0.1) is 0 Å². The monoisotopic (exact) mass is 346 g/mol. The van der Waals surface area contributed by atoms with E-state index in [4.69, 9.17) is 9.47 Å². The topological polar surface area (TPSA) is 50.8 Å². The number of likely N-dealkylation sites (N-methyl/N-ethyl adjacent to an activating group) is 1. The molecule has 134 valence electrons. The second-order valence-electron chi connectivity index (χ2n) is 5.63. The molecule has 0 fully saturated rings. The maximum absolute atomic E-state index is 13.5. The van der Waals surface area contributed by atoms with Gasteiger partial charge in [-0.1, -0.05) is 18.2 Å². The van der Waals surface area contributed by atoms with Gasteiger partial charge in [0.1, 0.15) is 23.9 Å². The van der Waals surface area contributed by atoms with Gasteiger partial charge < -0.3 is 14.8 Å². The molecule has 2 aromatic carbocycles. The fraction of sp³-hybridized carbons (Fsp3) is 0.316. The summed E-state index contributed by atoms with van der Waals surface area (Å²) in [6.07, 6.45) is 0. The summed E-state index contributed by atoms with van der Waals surface area (Å²) in [6, 6.07) is 13.7. The average Bonchev–Trinajstić information content (AvgIpc) is 2.61. The van der Waals surface area contributed by atoms with Gasteiger partial charge >= 0.3 is 0 Å². The zero-order chi connectivity index (χ0) is 18.1. The number of halogens is 1. The Kier molecular flexibility index (Phi) is 7.22. The Morgan fingerprint density at radius 1 is 1.12 bits per heavy atom. The maximum Gasteiger partial charge on any atom is 0.234 e. The third kappa shape index (κ3) is 6.43. The zero-order valence-electron chi connectivity index (χ0n) is 14.5.